The minimum atomic E-state index is -0.0616. The molecule has 2 aliphatic heterocycles. The largest absolute Gasteiger partial charge is 0.376 e. The first kappa shape index (κ1) is 29.7. The van der Waals surface area contributed by atoms with E-state index in [0.717, 1.165) is 58.2 Å². The summed E-state index contributed by atoms with van der Waals surface area (Å²) in [6.45, 7) is 4.89. The minimum Gasteiger partial charge on any atom is -0.376 e. The molecule has 2 saturated heterocycles. The van der Waals surface area contributed by atoms with Gasteiger partial charge in [-0.25, -0.2) is 4.98 Å². The van der Waals surface area contributed by atoms with Crippen molar-refractivity contribution in [3.05, 3.63) is 65.0 Å². The molecule has 3 aromatic rings. The molecule has 3 aliphatic rings. The lowest BCUT2D eigenvalue weighted by Gasteiger charge is -2.36. The van der Waals surface area contributed by atoms with Gasteiger partial charge in [-0.15, -0.1) is 0 Å². The highest BCUT2D eigenvalue weighted by atomic mass is 32.2. The Balaban J connectivity index is 1.07. The monoisotopic (exact) mass is 603 g/mol. The molecule has 3 fully saturated rings. The molecular weight excluding hydrogens is 562 g/mol. The molecule has 1 N–H and O–H groups in total. The molecular formula is C33H41N5O4S. The molecule has 1 aromatic heterocycles. The van der Waals surface area contributed by atoms with E-state index in [4.69, 9.17) is 9.72 Å². The van der Waals surface area contributed by atoms with Crippen molar-refractivity contribution in [3.8, 4) is 0 Å². The number of carbonyl (C=O) groups excluding carboxylic acids is 2. The van der Waals surface area contributed by atoms with Gasteiger partial charge >= 0.3 is 0 Å². The minimum absolute atomic E-state index is 0.0120. The number of aromatic nitrogens is 2. The third-order valence-electron chi connectivity index (χ3n) is 9.09. The van der Waals surface area contributed by atoms with Crippen molar-refractivity contribution in [2.75, 3.05) is 50.0 Å². The highest BCUT2D eigenvalue weighted by Crippen LogP contribution is 2.31. The van der Waals surface area contributed by atoms with Crippen molar-refractivity contribution in [1.29, 1.82) is 0 Å². The molecule has 2 aromatic carbocycles. The van der Waals surface area contributed by atoms with Crippen LogP contribution < -0.4 is 15.8 Å². The van der Waals surface area contributed by atoms with Crippen LogP contribution in [-0.2, 0) is 20.9 Å². The number of fused-ring (bicyclic) bond motifs is 1. The van der Waals surface area contributed by atoms with E-state index in [1.807, 2.05) is 47.4 Å². The average molecular weight is 604 g/mol. The summed E-state index contributed by atoms with van der Waals surface area (Å²) in [4.78, 5) is 48.7. The van der Waals surface area contributed by atoms with E-state index in [-0.39, 0.29) is 41.1 Å². The SMILES string of the molecule is O=C(NC[C@@H]1CCCO1)C1CCC(Cn2c(SCC(=O)N3CCN(c4ccccc4)CC3)nc3ccccc3c2=O)CC1. The number of carbonyl (C=O) groups is 2. The van der Waals surface area contributed by atoms with Gasteiger partial charge in [0.05, 0.1) is 22.8 Å². The Bertz CT molecular complexity index is 1460. The maximum absolute atomic E-state index is 13.7. The number of nitrogens with one attached hydrogen (secondary N) is 1. The Labute approximate surface area is 257 Å². The fraction of sp³-hybridized carbons (Fsp3) is 0.515. The van der Waals surface area contributed by atoms with Crippen LogP contribution in [0.15, 0.2) is 64.5 Å². The molecule has 0 bridgehead atoms. The van der Waals surface area contributed by atoms with Gasteiger partial charge in [0.15, 0.2) is 5.16 Å². The Morgan fingerprint density at radius 1 is 0.930 bits per heavy atom. The second-order valence-corrected chi connectivity index (χ2v) is 12.9. The number of benzene rings is 2. The molecule has 228 valence electrons. The number of para-hydroxylation sites is 2. The van der Waals surface area contributed by atoms with Crippen LogP contribution >= 0.6 is 11.8 Å². The number of anilines is 1. The predicted octanol–water partition coefficient (Wildman–Crippen LogP) is 3.94. The first-order chi connectivity index (χ1) is 21.0. The first-order valence-corrected chi connectivity index (χ1v) is 16.6. The fourth-order valence-electron chi connectivity index (χ4n) is 6.52. The van der Waals surface area contributed by atoms with Gasteiger partial charge in [0.1, 0.15) is 0 Å². The summed E-state index contributed by atoms with van der Waals surface area (Å²) in [5.41, 5.74) is 1.77. The van der Waals surface area contributed by atoms with E-state index >= 15 is 0 Å². The zero-order valence-electron chi connectivity index (χ0n) is 24.7. The van der Waals surface area contributed by atoms with Crippen LogP contribution in [-0.4, -0.2) is 77.5 Å². The summed E-state index contributed by atoms with van der Waals surface area (Å²) < 4.78 is 7.41. The lowest BCUT2D eigenvalue weighted by molar-refractivity contribution is -0.128. The molecule has 0 spiro atoms. The van der Waals surface area contributed by atoms with Crippen LogP contribution in [0.4, 0.5) is 5.69 Å². The topological polar surface area (TPSA) is 96.8 Å². The highest BCUT2D eigenvalue weighted by molar-refractivity contribution is 7.99. The van der Waals surface area contributed by atoms with E-state index in [0.29, 0.717) is 42.2 Å². The molecule has 1 aliphatic carbocycles. The number of nitrogens with zero attached hydrogens (tertiary/aromatic N) is 4. The van der Waals surface area contributed by atoms with Gasteiger partial charge in [0.25, 0.3) is 5.56 Å². The number of piperazine rings is 1. The average Bonchev–Trinajstić information content (AvgIpc) is 3.59. The Morgan fingerprint density at radius 3 is 2.42 bits per heavy atom. The maximum atomic E-state index is 13.7. The van der Waals surface area contributed by atoms with Gasteiger partial charge < -0.3 is 19.9 Å². The summed E-state index contributed by atoms with van der Waals surface area (Å²) in [7, 11) is 0. The van der Waals surface area contributed by atoms with Crippen molar-refractivity contribution in [2.24, 2.45) is 11.8 Å². The standard InChI is InChI=1S/C33H41N5O4S/c39-30(37-18-16-36(17-19-37)26-7-2-1-3-8-26)23-43-33-35-29-11-5-4-10-28(29)32(41)38(33)22-24-12-14-25(15-13-24)31(40)34-21-27-9-6-20-42-27/h1-5,7-8,10-11,24-25,27H,6,9,12-23H2,(H,34,40)/t24?,25?,27-/m0/s1. The summed E-state index contributed by atoms with van der Waals surface area (Å²) in [6, 6.07) is 17.7. The molecule has 43 heavy (non-hydrogen) atoms. The second-order valence-electron chi connectivity index (χ2n) is 11.9. The van der Waals surface area contributed by atoms with Gasteiger partial charge in [-0.2, -0.15) is 0 Å². The van der Waals surface area contributed by atoms with E-state index < -0.39 is 0 Å². The molecule has 0 unspecified atom stereocenters. The van der Waals surface area contributed by atoms with Gasteiger partial charge in [-0.3, -0.25) is 19.0 Å². The Morgan fingerprint density at radius 2 is 1.67 bits per heavy atom. The molecule has 2 amide bonds. The predicted molar refractivity (Wildman–Crippen MR) is 169 cm³/mol. The lowest BCUT2D eigenvalue weighted by atomic mass is 9.81. The van der Waals surface area contributed by atoms with Gasteiger partial charge in [-0.1, -0.05) is 42.1 Å². The second kappa shape index (κ2) is 13.9. The van der Waals surface area contributed by atoms with Crippen molar-refractivity contribution >= 4 is 40.2 Å². The van der Waals surface area contributed by atoms with E-state index in [1.165, 1.54) is 17.4 Å². The van der Waals surface area contributed by atoms with Crippen molar-refractivity contribution in [2.45, 2.75) is 56.3 Å². The van der Waals surface area contributed by atoms with Crippen molar-refractivity contribution in [1.82, 2.24) is 19.8 Å². The van der Waals surface area contributed by atoms with Crippen LogP contribution in [0, 0.1) is 11.8 Å². The van der Waals surface area contributed by atoms with Gasteiger partial charge in [-0.05, 0) is 68.7 Å². The van der Waals surface area contributed by atoms with Crippen LogP contribution in [0.1, 0.15) is 38.5 Å². The van der Waals surface area contributed by atoms with Crippen molar-refractivity contribution < 1.29 is 14.3 Å². The maximum Gasteiger partial charge on any atom is 0.262 e. The van der Waals surface area contributed by atoms with Gasteiger partial charge in [0.2, 0.25) is 11.8 Å². The molecule has 1 atom stereocenters. The molecule has 1 saturated carbocycles. The molecule has 6 rings (SSSR count). The van der Waals surface area contributed by atoms with E-state index in [2.05, 4.69) is 22.3 Å². The summed E-state index contributed by atoms with van der Waals surface area (Å²) in [5, 5.41) is 4.28. The highest BCUT2D eigenvalue weighted by Gasteiger charge is 2.29. The normalized spacial score (nSPS) is 22.6. The van der Waals surface area contributed by atoms with Crippen LogP contribution in [0.2, 0.25) is 0 Å². The van der Waals surface area contributed by atoms with E-state index in [1.54, 1.807) is 4.57 Å². The molecule has 3 heterocycles. The summed E-state index contributed by atoms with van der Waals surface area (Å²) in [5.74, 6) is 0.731. The Hall–Kier alpha value is -3.37. The number of thioether (sulfide) groups is 1. The number of ether oxygens (including phenoxy) is 1. The first-order valence-electron chi connectivity index (χ1n) is 15.6. The zero-order valence-corrected chi connectivity index (χ0v) is 25.5. The van der Waals surface area contributed by atoms with Crippen molar-refractivity contribution in [3.63, 3.8) is 0 Å². The number of hydrogen-bond acceptors (Lipinski definition) is 7. The summed E-state index contributed by atoms with van der Waals surface area (Å²) in [6.07, 6.45) is 5.61. The molecule has 0 radical (unpaired) electrons. The Kier molecular flexibility index (Phi) is 9.63. The number of amides is 2. The molecule has 10 heteroatoms. The third-order valence-corrected chi connectivity index (χ3v) is 10.1. The quantitative estimate of drug-likeness (QED) is 0.292. The van der Waals surface area contributed by atoms with Crippen LogP contribution in [0.25, 0.3) is 10.9 Å². The molecule has 9 nitrogen and oxygen atoms in total. The zero-order chi connectivity index (χ0) is 29.6. The smallest absolute Gasteiger partial charge is 0.262 e. The van der Waals surface area contributed by atoms with E-state index in [9.17, 15) is 14.4 Å². The lowest BCUT2D eigenvalue weighted by Crippen LogP contribution is -2.49. The number of hydrogen-bond donors (Lipinski definition) is 1. The van der Waals surface area contributed by atoms with Gasteiger partial charge in [0, 0.05) is 57.5 Å². The number of rotatable bonds is 9. The van der Waals surface area contributed by atoms with Crippen LogP contribution in [0.3, 0.4) is 0 Å². The third kappa shape index (κ3) is 7.24. The fourth-order valence-corrected chi connectivity index (χ4v) is 7.43. The summed E-state index contributed by atoms with van der Waals surface area (Å²) >= 11 is 1.36. The van der Waals surface area contributed by atoms with Crippen LogP contribution in [0.5, 0.6) is 0 Å².